The van der Waals surface area contributed by atoms with Crippen molar-refractivity contribution in [1.29, 1.82) is 0 Å². The van der Waals surface area contributed by atoms with E-state index in [1.54, 1.807) is 0 Å². The van der Waals surface area contributed by atoms with Gasteiger partial charge in [0, 0.05) is 13.1 Å². The van der Waals surface area contributed by atoms with E-state index in [-0.39, 0.29) is 11.7 Å². The summed E-state index contributed by atoms with van der Waals surface area (Å²) in [5.41, 5.74) is 4.66. The Hall–Kier alpha value is -2.14. The molecule has 0 saturated carbocycles. The van der Waals surface area contributed by atoms with Crippen LogP contribution in [0.1, 0.15) is 37.0 Å². The van der Waals surface area contributed by atoms with Crippen molar-refractivity contribution in [2.75, 3.05) is 23.5 Å². The first kappa shape index (κ1) is 14.2. The minimum Gasteiger partial charge on any atom is -0.363 e. The third-order valence-electron chi connectivity index (χ3n) is 5.61. The summed E-state index contributed by atoms with van der Waals surface area (Å²) in [7, 11) is 1.99. The normalized spacial score (nSPS) is 26.9. The van der Waals surface area contributed by atoms with Crippen molar-refractivity contribution in [2.45, 2.75) is 31.5 Å². The first-order chi connectivity index (χ1) is 11.5. The number of fused-ring (bicyclic) bond motifs is 6. The molecule has 2 bridgehead atoms. The second-order valence-electron chi connectivity index (χ2n) is 7.17. The van der Waals surface area contributed by atoms with E-state index in [0.29, 0.717) is 12.4 Å². The van der Waals surface area contributed by atoms with Crippen LogP contribution in [-0.2, 0) is 10.3 Å². The molecule has 0 amide bonds. The molecule has 1 saturated heterocycles. The monoisotopic (exact) mass is 328 g/mol. The fraction of sp³-hybridized carbons (Fsp3) is 0.368. The highest BCUT2D eigenvalue weighted by molar-refractivity contribution is 5.84. The van der Waals surface area contributed by atoms with E-state index in [0.717, 1.165) is 30.3 Å². The van der Waals surface area contributed by atoms with Gasteiger partial charge in [-0.1, -0.05) is 0 Å². The van der Waals surface area contributed by atoms with Gasteiger partial charge in [0.2, 0.25) is 0 Å². The molecular formula is C19H18F2N2O. The maximum atomic E-state index is 14.3. The quantitative estimate of drug-likeness (QED) is 0.761. The Kier molecular flexibility index (Phi) is 2.65. The van der Waals surface area contributed by atoms with Gasteiger partial charge < -0.3 is 14.5 Å². The molecular weight excluding hydrogens is 310 g/mol. The van der Waals surface area contributed by atoms with E-state index in [1.807, 2.05) is 11.9 Å². The van der Waals surface area contributed by atoms with Gasteiger partial charge in [-0.05, 0) is 55.2 Å². The number of rotatable bonds is 1. The number of hydrogen-bond acceptors (Lipinski definition) is 3. The molecule has 1 fully saturated rings. The summed E-state index contributed by atoms with van der Waals surface area (Å²) in [6.45, 7) is 2.68. The first-order valence-electron chi connectivity index (χ1n) is 8.26. The zero-order chi connectivity index (χ0) is 16.6. The van der Waals surface area contributed by atoms with Crippen molar-refractivity contribution in [3.63, 3.8) is 0 Å². The lowest BCUT2D eigenvalue weighted by Gasteiger charge is -2.24. The van der Waals surface area contributed by atoms with Crippen molar-refractivity contribution in [3.05, 3.63) is 53.1 Å². The summed E-state index contributed by atoms with van der Waals surface area (Å²) in [5, 5.41) is 0. The lowest BCUT2D eigenvalue weighted by Crippen LogP contribution is -2.24. The highest BCUT2D eigenvalue weighted by atomic mass is 19.1. The van der Waals surface area contributed by atoms with Gasteiger partial charge in [-0.2, -0.15) is 0 Å². The summed E-state index contributed by atoms with van der Waals surface area (Å²) < 4.78 is 33.7. The smallest absolute Gasteiger partial charge is 0.149 e. The second kappa shape index (κ2) is 4.48. The molecule has 2 aromatic carbocycles. The molecule has 5 heteroatoms. The van der Waals surface area contributed by atoms with E-state index in [1.165, 1.54) is 23.3 Å². The maximum absolute atomic E-state index is 14.3. The molecule has 2 unspecified atom stereocenters. The largest absolute Gasteiger partial charge is 0.363 e. The number of halogens is 2. The third-order valence-corrected chi connectivity index (χ3v) is 5.61. The predicted octanol–water partition coefficient (Wildman–Crippen LogP) is 4.59. The Morgan fingerprint density at radius 3 is 2.75 bits per heavy atom. The average molecular weight is 328 g/mol. The van der Waals surface area contributed by atoms with E-state index in [9.17, 15) is 8.78 Å². The molecule has 24 heavy (non-hydrogen) atoms. The predicted molar refractivity (Wildman–Crippen MR) is 88.6 cm³/mol. The van der Waals surface area contributed by atoms with Gasteiger partial charge >= 0.3 is 0 Å². The molecule has 3 heterocycles. The van der Waals surface area contributed by atoms with Crippen LogP contribution >= 0.6 is 0 Å². The van der Waals surface area contributed by atoms with Crippen molar-refractivity contribution in [2.24, 2.45) is 0 Å². The summed E-state index contributed by atoms with van der Waals surface area (Å²) >= 11 is 0. The molecule has 2 aromatic rings. The highest BCUT2D eigenvalue weighted by Gasteiger charge is 2.48. The number of nitrogens with zero attached hydrogens (tertiary/aromatic N) is 2. The van der Waals surface area contributed by atoms with Gasteiger partial charge in [0.25, 0.3) is 0 Å². The van der Waals surface area contributed by atoms with Crippen LogP contribution in [-0.4, -0.2) is 13.7 Å². The van der Waals surface area contributed by atoms with E-state index in [4.69, 9.17) is 4.74 Å². The summed E-state index contributed by atoms with van der Waals surface area (Å²) in [4.78, 5) is 3.99. The van der Waals surface area contributed by atoms with Crippen molar-refractivity contribution < 1.29 is 13.5 Å². The fourth-order valence-electron chi connectivity index (χ4n) is 4.37. The van der Waals surface area contributed by atoms with Crippen LogP contribution in [0.25, 0.3) is 0 Å². The van der Waals surface area contributed by atoms with E-state index in [2.05, 4.69) is 24.0 Å². The van der Waals surface area contributed by atoms with Gasteiger partial charge in [0.05, 0.1) is 35.4 Å². The Bertz CT molecular complexity index is 869. The van der Waals surface area contributed by atoms with Crippen LogP contribution in [0.5, 0.6) is 0 Å². The van der Waals surface area contributed by atoms with Gasteiger partial charge in [-0.25, -0.2) is 8.78 Å². The SMILES string of the molecule is CN1CN(c2ccc(F)cc2F)c2cc3c(cc21)C1CCC3(C)O1. The number of hydrogen-bond donors (Lipinski definition) is 0. The molecule has 3 nitrogen and oxygen atoms in total. The first-order valence-corrected chi connectivity index (χ1v) is 8.26. The average Bonchev–Trinajstić information content (AvgIpc) is 3.16. The Morgan fingerprint density at radius 1 is 1.12 bits per heavy atom. The van der Waals surface area contributed by atoms with Crippen LogP contribution in [0.2, 0.25) is 0 Å². The van der Waals surface area contributed by atoms with Gasteiger partial charge in [0.1, 0.15) is 11.6 Å². The molecule has 0 aliphatic carbocycles. The lowest BCUT2D eigenvalue weighted by molar-refractivity contribution is -0.00699. The summed E-state index contributed by atoms with van der Waals surface area (Å²) in [5.74, 6) is -1.10. The van der Waals surface area contributed by atoms with Crippen molar-refractivity contribution in [3.8, 4) is 0 Å². The zero-order valence-electron chi connectivity index (χ0n) is 13.6. The molecule has 0 spiro atoms. The number of ether oxygens (including phenoxy) is 1. The van der Waals surface area contributed by atoms with E-state index >= 15 is 0 Å². The molecule has 0 radical (unpaired) electrons. The third kappa shape index (κ3) is 1.73. The Balaban J connectivity index is 1.67. The van der Waals surface area contributed by atoms with Crippen LogP contribution in [0.15, 0.2) is 30.3 Å². The molecule has 3 aliphatic rings. The van der Waals surface area contributed by atoms with Gasteiger partial charge in [-0.3, -0.25) is 0 Å². The van der Waals surface area contributed by atoms with Crippen molar-refractivity contribution >= 4 is 17.1 Å². The zero-order valence-corrected chi connectivity index (χ0v) is 13.6. The molecule has 124 valence electrons. The second-order valence-corrected chi connectivity index (χ2v) is 7.17. The molecule has 2 atom stereocenters. The number of benzene rings is 2. The fourth-order valence-corrected chi connectivity index (χ4v) is 4.37. The van der Waals surface area contributed by atoms with Crippen molar-refractivity contribution in [1.82, 2.24) is 0 Å². The van der Waals surface area contributed by atoms with Crippen LogP contribution in [0.4, 0.5) is 25.8 Å². The minimum atomic E-state index is -0.559. The van der Waals surface area contributed by atoms with Crippen LogP contribution < -0.4 is 9.80 Å². The van der Waals surface area contributed by atoms with E-state index < -0.39 is 11.6 Å². The minimum absolute atomic E-state index is 0.181. The maximum Gasteiger partial charge on any atom is 0.149 e. The summed E-state index contributed by atoms with van der Waals surface area (Å²) in [6, 6.07) is 8.06. The summed E-state index contributed by atoms with van der Waals surface area (Å²) in [6.07, 6.45) is 2.26. The molecule has 0 N–H and O–H groups in total. The number of anilines is 3. The molecule has 3 aliphatic heterocycles. The molecule has 5 rings (SSSR count). The van der Waals surface area contributed by atoms with Crippen LogP contribution in [0.3, 0.4) is 0 Å². The molecule has 0 aromatic heterocycles. The van der Waals surface area contributed by atoms with Gasteiger partial charge in [0.15, 0.2) is 0 Å². The standard InChI is InChI=1S/C19H18F2N2O/c1-19-6-5-18(24-19)12-8-16-17(9-13(12)19)23(10-22(16)2)15-4-3-11(20)7-14(15)21/h3-4,7-9,18H,5-6,10H2,1-2H3. The lowest BCUT2D eigenvalue weighted by atomic mass is 9.83. The highest BCUT2D eigenvalue weighted by Crippen LogP contribution is 2.57. The van der Waals surface area contributed by atoms with Crippen LogP contribution in [0, 0.1) is 11.6 Å². The Morgan fingerprint density at radius 2 is 1.96 bits per heavy atom. The topological polar surface area (TPSA) is 15.7 Å². The Labute approximate surface area is 139 Å². The van der Waals surface area contributed by atoms with Gasteiger partial charge in [-0.15, -0.1) is 0 Å².